The zero-order valence-corrected chi connectivity index (χ0v) is 19.9. The first-order chi connectivity index (χ1) is 17.4. The minimum absolute atomic E-state index is 0.169. The van der Waals surface area contributed by atoms with Gasteiger partial charge >= 0.3 is 5.97 Å². The summed E-state index contributed by atoms with van der Waals surface area (Å²) < 4.78 is 18.7. The minimum atomic E-state index is -0.971. The van der Waals surface area contributed by atoms with Crippen molar-refractivity contribution in [3.63, 3.8) is 0 Å². The van der Waals surface area contributed by atoms with Crippen molar-refractivity contribution in [2.75, 3.05) is 29.9 Å². The minimum Gasteiger partial charge on any atom is -0.455 e. The van der Waals surface area contributed by atoms with Crippen LogP contribution in [0.4, 0.5) is 15.8 Å². The van der Waals surface area contributed by atoms with Crippen molar-refractivity contribution >= 4 is 35.1 Å². The number of rotatable bonds is 4. The SMILES string of the molecule is O=C(OCC(=O)N1c2ccccc2NC(=O)C12CCCC2)C1CCCN(C(=O)c2ccc(F)cc2)C1. The van der Waals surface area contributed by atoms with E-state index < -0.39 is 35.8 Å². The lowest BCUT2D eigenvalue weighted by Gasteiger charge is -2.44. The highest BCUT2D eigenvalue weighted by molar-refractivity contribution is 6.15. The second kappa shape index (κ2) is 9.72. The number of likely N-dealkylation sites (tertiary alicyclic amines) is 1. The Balaban J connectivity index is 1.26. The van der Waals surface area contributed by atoms with Crippen LogP contribution in [0.2, 0.25) is 0 Å². The molecule has 3 aliphatic rings. The molecule has 1 unspecified atom stereocenters. The first-order valence-electron chi connectivity index (χ1n) is 12.3. The number of halogens is 1. The molecule has 8 nitrogen and oxygen atoms in total. The summed E-state index contributed by atoms with van der Waals surface area (Å²) in [7, 11) is 0. The largest absolute Gasteiger partial charge is 0.455 e. The number of para-hydroxylation sites is 2. The van der Waals surface area contributed by atoms with Crippen LogP contribution in [-0.4, -0.2) is 53.8 Å². The topological polar surface area (TPSA) is 96.0 Å². The van der Waals surface area contributed by atoms with Crippen molar-refractivity contribution < 1.29 is 28.3 Å². The van der Waals surface area contributed by atoms with Crippen molar-refractivity contribution in [3.8, 4) is 0 Å². The highest BCUT2D eigenvalue weighted by atomic mass is 19.1. The van der Waals surface area contributed by atoms with Crippen LogP contribution in [0.15, 0.2) is 48.5 Å². The number of ether oxygens (including phenoxy) is 1. The normalized spacial score (nSPS) is 20.6. The Morgan fingerprint density at radius 3 is 2.50 bits per heavy atom. The smallest absolute Gasteiger partial charge is 0.311 e. The number of carbonyl (C=O) groups excluding carboxylic acids is 4. The summed E-state index contributed by atoms with van der Waals surface area (Å²) >= 11 is 0. The Morgan fingerprint density at radius 2 is 1.75 bits per heavy atom. The van der Waals surface area contributed by atoms with Crippen molar-refractivity contribution in [3.05, 3.63) is 59.9 Å². The molecule has 1 spiro atoms. The summed E-state index contributed by atoms with van der Waals surface area (Å²) in [6, 6.07) is 12.4. The zero-order valence-electron chi connectivity index (χ0n) is 19.9. The molecule has 1 saturated heterocycles. The van der Waals surface area contributed by atoms with E-state index in [9.17, 15) is 23.6 Å². The Kier molecular flexibility index (Phi) is 6.47. The fourth-order valence-electron chi connectivity index (χ4n) is 5.57. The molecule has 0 radical (unpaired) electrons. The van der Waals surface area contributed by atoms with Gasteiger partial charge in [0.05, 0.1) is 17.3 Å². The molecular weight excluding hydrogens is 465 g/mol. The Bertz CT molecular complexity index is 1190. The van der Waals surface area contributed by atoms with Gasteiger partial charge in [0.25, 0.3) is 17.7 Å². The fourth-order valence-corrected chi connectivity index (χ4v) is 5.57. The molecule has 1 saturated carbocycles. The predicted molar refractivity (Wildman–Crippen MR) is 130 cm³/mol. The van der Waals surface area contributed by atoms with Gasteiger partial charge in [0.2, 0.25) is 0 Å². The van der Waals surface area contributed by atoms with Crippen LogP contribution in [0.3, 0.4) is 0 Å². The van der Waals surface area contributed by atoms with Crippen LogP contribution >= 0.6 is 0 Å². The van der Waals surface area contributed by atoms with E-state index in [2.05, 4.69) is 5.32 Å². The average molecular weight is 494 g/mol. The van der Waals surface area contributed by atoms with E-state index in [0.717, 1.165) is 12.8 Å². The van der Waals surface area contributed by atoms with E-state index in [0.29, 0.717) is 49.2 Å². The number of amides is 3. The molecule has 2 heterocycles. The number of esters is 1. The number of hydrogen-bond donors (Lipinski definition) is 1. The van der Waals surface area contributed by atoms with Gasteiger partial charge in [-0.1, -0.05) is 25.0 Å². The number of nitrogens with zero attached hydrogens (tertiary/aromatic N) is 2. The number of anilines is 2. The molecule has 1 atom stereocenters. The quantitative estimate of drug-likeness (QED) is 0.658. The Hall–Kier alpha value is -3.75. The number of carbonyl (C=O) groups is 4. The highest BCUT2D eigenvalue weighted by Crippen LogP contribution is 2.45. The van der Waals surface area contributed by atoms with Crippen LogP contribution in [0, 0.1) is 11.7 Å². The maximum atomic E-state index is 13.4. The molecule has 188 valence electrons. The van der Waals surface area contributed by atoms with E-state index in [1.54, 1.807) is 29.2 Å². The van der Waals surface area contributed by atoms with Crippen molar-refractivity contribution in [1.29, 1.82) is 0 Å². The monoisotopic (exact) mass is 493 g/mol. The van der Waals surface area contributed by atoms with Crippen LogP contribution in [0.25, 0.3) is 0 Å². The molecule has 0 aromatic heterocycles. The molecule has 2 aliphatic heterocycles. The Labute approximate surface area is 208 Å². The molecule has 0 bridgehead atoms. The van der Waals surface area contributed by atoms with Gasteiger partial charge in [-0.2, -0.15) is 0 Å². The number of fused-ring (bicyclic) bond motifs is 1. The van der Waals surface area contributed by atoms with Crippen LogP contribution < -0.4 is 10.2 Å². The molecule has 2 fully saturated rings. The van der Waals surface area contributed by atoms with E-state index in [1.165, 1.54) is 29.2 Å². The number of hydrogen-bond acceptors (Lipinski definition) is 5. The molecule has 9 heteroatoms. The summed E-state index contributed by atoms with van der Waals surface area (Å²) in [5.41, 5.74) is 0.543. The van der Waals surface area contributed by atoms with Gasteiger partial charge in [0.15, 0.2) is 6.61 Å². The first kappa shape index (κ1) is 24.0. The third-order valence-corrected chi connectivity index (χ3v) is 7.39. The van der Waals surface area contributed by atoms with Gasteiger partial charge < -0.3 is 15.0 Å². The van der Waals surface area contributed by atoms with E-state index in [1.807, 2.05) is 0 Å². The standard InChI is InChI=1S/C27H28FN3O5/c28-20-11-9-18(10-12-20)24(33)30-15-5-6-19(16-30)25(34)36-17-23(32)31-22-8-2-1-7-21(22)29-26(35)27(31)13-3-4-14-27/h1-2,7-12,19H,3-6,13-17H2,(H,29,35). The van der Waals surface area contributed by atoms with Gasteiger partial charge in [-0.05, 0) is 62.1 Å². The predicted octanol–water partition coefficient (Wildman–Crippen LogP) is 3.52. The number of piperidine rings is 1. The molecule has 2 aromatic rings. The molecule has 3 amide bonds. The summed E-state index contributed by atoms with van der Waals surface area (Å²) in [5.74, 6) is -2.46. The summed E-state index contributed by atoms with van der Waals surface area (Å²) in [6.07, 6.45) is 3.92. The van der Waals surface area contributed by atoms with Crippen LogP contribution in [-0.2, 0) is 19.1 Å². The third-order valence-electron chi connectivity index (χ3n) is 7.39. The second-order valence-electron chi connectivity index (χ2n) is 9.64. The number of benzene rings is 2. The molecule has 1 N–H and O–H groups in total. The first-order valence-corrected chi connectivity index (χ1v) is 12.3. The summed E-state index contributed by atoms with van der Waals surface area (Å²) in [5, 5.41) is 2.93. The van der Waals surface area contributed by atoms with Crippen molar-refractivity contribution in [1.82, 2.24) is 4.90 Å². The van der Waals surface area contributed by atoms with Gasteiger partial charge in [0, 0.05) is 18.7 Å². The van der Waals surface area contributed by atoms with Gasteiger partial charge in [-0.3, -0.25) is 24.1 Å². The van der Waals surface area contributed by atoms with Crippen LogP contribution in [0.5, 0.6) is 0 Å². The molecule has 1 aliphatic carbocycles. The summed E-state index contributed by atoms with van der Waals surface area (Å²) in [6.45, 7) is 0.174. The highest BCUT2D eigenvalue weighted by Gasteiger charge is 2.52. The molecular formula is C27H28FN3O5. The lowest BCUT2D eigenvalue weighted by Crippen LogP contribution is -2.61. The van der Waals surface area contributed by atoms with Gasteiger partial charge in [-0.15, -0.1) is 0 Å². The van der Waals surface area contributed by atoms with E-state index in [4.69, 9.17) is 4.74 Å². The second-order valence-corrected chi connectivity index (χ2v) is 9.64. The maximum absolute atomic E-state index is 13.4. The molecule has 2 aromatic carbocycles. The van der Waals surface area contributed by atoms with Gasteiger partial charge in [-0.25, -0.2) is 4.39 Å². The average Bonchev–Trinajstić information content (AvgIpc) is 3.38. The molecule has 36 heavy (non-hydrogen) atoms. The van der Waals surface area contributed by atoms with Crippen molar-refractivity contribution in [2.45, 2.75) is 44.1 Å². The summed E-state index contributed by atoms with van der Waals surface area (Å²) in [4.78, 5) is 55.2. The Morgan fingerprint density at radius 1 is 1.03 bits per heavy atom. The van der Waals surface area contributed by atoms with Crippen molar-refractivity contribution in [2.24, 2.45) is 5.92 Å². The van der Waals surface area contributed by atoms with Crippen LogP contribution in [0.1, 0.15) is 48.9 Å². The zero-order chi connectivity index (χ0) is 25.3. The van der Waals surface area contributed by atoms with E-state index in [-0.39, 0.29) is 18.4 Å². The van der Waals surface area contributed by atoms with Gasteiger partial charge in [0.1, 0.15) is 11.4 Å². The molecule has 5 rings (SSSR count). The lowest BCUT2D eigenvalue weighted by atomic mass is 9.90. The lowest BCUT2D eigenvalue weighted by molar-refractivity contribution is -0.153. The van der Waals surface area contributed by atoms with E-state index >= 15 is 0 Å². The third kappa shape index (κ3) is 4.34. The fraction of sp³-hybridized carbons (Fsp3) is 0.407. The number of nitrogens with one attached hydrogen (secondary N) is 1. The maximum Gasteiger partial charge on any atom is 0.311 e.